The highest BCUT2D eigenvalue weighted by molar-refractivity contribution is 5.94. The molecular formula is C17H16F2N2O3. The van der Waals surface area contributed by atoms with Gasteiger partial charge in [-0.15, -0.1) is 0 Å². The highest BCUT2D eigenvalue weighted by atomic mass is 19.2. The fraction of sp³-hybridized carbons (Fsp3) is 0.176. The monoisotopic (exact) mass is 334 g/mol. The van der Waals surface area contributed by atoms with Crippen LogP contribution in [-0.4, -0.2) is 18.9 Å². The predicted octanol–water partition coefficient (Wildman–Crippen LogP) is 2.86. The summed E-state index contributed by atoms with van der Waals surface area (Å²) in [7, 11) is 1.48. The number of methoxy groups -OCH3 is 1. The molecule has 0 radical (unpaired) electrons. The Morgan fingerprint density at radius 3 is 2.46 bits per heavy atom. The van der Waals surface area contributed by atoms with Crippen LogP contribution >= 0.6 is 0 Å². The molecule has 0 heterocycles. The van der Waals surface area contributed by atoms with Gasteiger partial charge in [-0.05, 0) is 35.9 Å². The molecule has 0 fully saturated rings. The number of carbonyl (C=O) groups excluding carboxylic acids is 2. The smallest absolute Gasteiger partial charge is 0.251 e. The fourth-order valence-electron chi connectivity index (χ4n) is 2.07. The Morgan fingerprint density at radius 2 is 1.83 bits per heavy atom. The second-order valence-electron chi connectivity index (χ2n) is 5.03. The minimum atomic E-state index is -1.08. The maximum atomic E-state index is 13.2. The molecule has 0 bridgehead atoms. The molecule has 0 atom stereocenters. The molecule has 2 amide bonds. The molecule has 0 aliphatic carbocycles. The summed E-state index contributed by atoms with van der Waals surface area (Å²) >= 11 is 0. The van der Waals surface area contributed by atoms with Crippen molar-refractivity contribution >= 4 is 17.5 Å². The van der Waals surface area contributed by atoms with Crippen LogP contribution in [0.4, 0.5) is 14.5 Å². The quantitative estimate of drug-likeness (QED) is 0.883. The Labute approximate surface area is 137 Å². The van der Waals surface area contributed by atoms with Gasteiger partial charge in [-0.2, -0.15) is 0 Å². The van der Waals surface area contributed by atoms with Gasteiger partial charge in [0.2, 0.25) is 5.91 Å². The molecule has 0 saturated heterocycles. The molecule has 2 aromatic rings. The lowest BCUT2D eigenvalue weighted by atomic mass is 10.1. The topological polar surface area (TPSA) is 67.4 Å². The van der Waals surface area contributed by atoms with E-state index in [4.69, 9.17) is 4.74 Å². The van der Waals surface area contributed by atoms with E-state index in [1.807, 2.05) is 0 Å². The van der Waals surface area contributed by atoms with Crippen LogP contribution in [0.3, 0.4) is 0 Å². The molecule has 0 aliphatic rings. The number of anilines is 1. The maximum Gasteiger partial charge on any atom is 0.251 e. The number of carbonyl (C=O) groups is 2. The third-order valence-corrected chi connectivity index (χ3v) is 3.21. The van der Waals surface area contributed by atoms with Gasteiger partial charge in [0.15, 0.2) is 11.6 Å². The molecule has 0 saturated carbocycles. The lowest BCUT2D eigenvalue weighted by Crippen LogP contribution is -2.23. The fourth-order valence-corrected chi connectivity index (χ4v) is 2.07. The van der Waals surface area contributed by atoms with Crippen LogP contribution in [0.5, 0.6) is 5.75 Å². The van der Waals surface area contributed by atoms with E-state index in [-0.39, 0.29) is 18.0 Å². The summed E-state index contributed by atoms with van der Waals surface area (Å²) in [5.41, 5.74) is 1.20. The van der Waals surface area contributed by atoms with E-state index in [0.717, 1.165) is 12.1 Å². The molecule has 126 valence electrons. The van der Waals surface area contributed by atoms with Crippen LogP contribution in [0.25, 0.3) is 0 Å². The number of halogens is 2. The molecule has 2 aromatic carbocycles. The van der Waals surface area contributed by atoms with E-state index in [1.165, 1.54) is 20.1 Å². The summed E-state index contributed by atoms with van der Waals surface area (Å²) in [6.07, 6.45) is 0. The van der Waals surface area contributed by atoms with Crippen molar-refractivity contribution in [1.82, 2.24) is 5.32 Å². The van der Waals surface area contributed by atoms with Crippen molar-refractivity contribution in [1.29, 1.82) is 0 Å². The first-order chi connectivity index (χ1) is 11.4. The van der Waals surface area contributed by atoms with Crippen molar-refractivity contribution in [2.75, 3.05) is 12.4 Å². The summed E-state index contributed by atoms with van der Waals surface area (Å²) in [4.78, 5) is 23.2. The number of rotatable bonds is 5. The van der Waals surface area contributed by atoms with Gasteiger partial charge in [-0.3, -0.25) is 9.59 Å². The largest absolute Gasteiger partial charge is 0.495 e. The molecule has 7 heteroatoms. The standard InChI is InChI=1S/C17H16F2N2O3/c1-10(22)21-15-7-11(3-6-16(15)24-2)9-20-17(23)12-4-5-13(18)14(19)8-12/h3-8H,9H2,1-2H3,(H,20,23)(H,21,22). The lowest BCUT2D eigenvalue weighted by molar-refractivity contribution is -0.114. The van der Waals surface area contributed by atoms with Gasteiger partial charge in [0.1, 0.15) is 5.75 Å². The van der Waals surface area contributed by atoms with Gasteiger partial charge < -0.3 is 15.4 Å². The van der Waals surface area contributed by atoms with E-state index in [1.54, 1.807) is 18.2 Å². The Balaban J connectivity index is 2.09. The molecular weight excluding hydrogens is 318 g/mol. The molecule has 0 unspecified atom stereocenters. The molecule has 0 aliphatic heterocycles. The third-order valence-electron chi connectivity index (χ3n) is 3.21. The van der Waals surface area contributed by atoms with Gasteiger partial charge in [0.25, 0.3) is 5.91 Å². The molecule has 0 aromatic heterocycles. The Kier molecular flexibility index (Phi) is 5.47. The normalized spacial score (nSPS) is 10.2. The SMILES string of the molecule is COc1ccc(CNC(=O)c2ccc(F)c(F)c2)cc1NC(C)=O. The van der Waals surface area contributed by atoms with Crippen LogP contribution in [0.1, 0.15) is 22.8 Å². The highest BCUT2D eigenvalue weighted by Crippen LogP contribution is 2.25. The second-order valence-corrected chi connectivity index (χ2v) is 5.03. The average Bonchev–Trinajstić information content (AvgIpc) is 2.54. The second kappa shape index (κ2) is 7.54. The predicted molar refractivity (Wildman–Crippen MR) is 84.8 cm³/mol. The molecule has 0 spiro atoms. The number of hydrogen-bond donors (Lipinski definition) is 2. The molecule has 2 N–H and O–H groups in total. The number of benzene rings is 2. The number of nitrogens with one attached hydrogen (secondary N) is 2. The molecule has 24 heavy (non-hydrogen) atoms. The first-order valence-corrected chi connectivity index (χ1v) is 7.08. The Morgan fingerprint density at radius 1 is 1.08 bits per heavy atom. The van der Waals surface area contributed by atoms with Crippen molar-refractivity contribution in [3.63, 3.8) is 0 Å². The average molecular weight is 334 g/mol. The van der Waals surface area contributed by atoms with Gasteiger partial charge >= 0.3 is 0 Å². The first kappa shape index (κ1) is 17.4. The van der Waals surface area contributed by atoms with Crippen molar-refractivity contribution in [2.24, 2.45) is 0 Å². The van der Waals surface area contributed by atoms with Gasteiger partial charge in [-0.25, -0.2) is 8.78 Å². The van der Waals surface area contributed by atoms with Crippen molar-refractivity contribution in [2.45, 2.75) is 13.5 Å². The summed E-state index contributed by atoms with van der Waals surface area (Å²) in [6, 6.07) is 7.96. The van der Waals surface area contributed by atoms with E-state index < -0.39 is 17.5 Å². The van der Waals surface area contributed by atoms with E-state index in [2.05, 4.69) is 10.6 Å². The summed E-state index contributed by atoms with van der Waals surface area (Å²) in [5, 5.41) is 5.23. The van der Waals surface area contributed by atoms with E-state index in [0.29, 0.717) is 17.0 Å². The number of amides is 2. The van der Waals surface area contributed by atoms with Gasteiger partial charge in [0, 0.05) is 19.0 Å². The van der Waals surface area contributed by atoms with Crippen LogP contribution in [-0.2, 0) is 11.3 Å². The zero-order valence-electron chi connectivity index (χ0n) is 13.2. The molecule has 5 nitrogen and oxygen atoms in total. The highest BCUT2D eigenvalue weighted by Gasteiger charge is 2.11. The summed E-state index contributed by atoms with van der Waals surface area (Å²) in [5.74, 6) is -2.40. The van der Waals surface area contributed by atoms with Crippen LogP contribution in [0, 0.1) is 11.6 Å². The molecule has 2 rings (SSSR count). The van der Waals surface area contributed by atoms with E-state index >= 15 is 0 Å². The zero-order chi connectivity index (χ0) is 17.7. The van der Waals surface area contributed by atoms with Crippen molar-refractivity contribution < 1.29 is 23.1 Å². The minimum absolute atomic E-state index is 0.0181. The zero-order valence-corrected chi connectivity index (χ0v) is 13.2. The van der Waals surface area contributed by atoms with E-state index in [9.17, 15) is 18.4 Å². The van der Waals surface area contributed by atoms with Gasteiger partial charge in [-0.1, -0.05) is 6.07 Å². The van der Waals surface area contributed by atoms with Crippen LogP contribution < -0.4 is 15.4 Å². The lowest BCUT2D eigenvalue weighted by Gasteiger charge is -2.12. The van der Waals surface area contributed by atoms with Crippen LogP contribution in [0.2, 0.25) is 0 Å². The summed E-state index contributed by atoms with van der Waals surface area (Å²) in [6.45, 7) is 1.52. The maximum absolute atomic E-state index is 13.2. The van der Waals surface area contributed by atoms with Crippen molar-refractivity contribution in [3.05, 3.63) is 59.2 Å². The Bertz CT molecular complexity index is 778. The Hall–Kier alpha value is -2.96. The third kappa shape index (κ3) is 4.28. The summed E-state index contributed by atoms with van der Waals surface area (Å²) < 4.78 is 31.2. The first-order valence-electron chi connectivity index (χ1n) is 7.08. The minimum Gasteiger partial charge on any atom is -0.495 e. The number of hydrogen-bond acceptors (Lipinski definition) is 3. The number of ether oxygens (including phenoxy) is 1. The van der Waals surface area contributed by atoms with Crippen molar-refractivity contribution in [3.8, 4) is 5.75 Å². The van der Waals surface area contributed by atoms with Crippen LogP contribution in [0.15, 0.2) is 36.4 Å². The van der Waals surface area contributed by atoms with Gasteiger partial charge in [0.05, 0.1) is 12.8 Å².